The number of hydrogen-bond donors (Lipinski definition) is 1. The van der Waals surface area contributed by atoms with Crippen LogP contribution < -0.4 is 4.90 Å². The molecule has 2 heterocycles. The average Bonchev–Trinajstić information content (AvgIpc) is 3.18. The maximum atomic E-state index is 13.8. The third-order valence-corrected chi connectivity index (χ3v) is 6.48. The highest BCUT2D eigenvalue weighted by atomic mass is 35.5. The second kappa shape index (κ2) is 6.82. The van der Waals surface area contributed by atoms with Crippen molar-refractivity contribution >= 4 is 29.2 Å². The number of halogens is 2. The second-order valence-electron chi connectivity index (χ2n) is 7.54. The molecule has 1 amide bonds. The van der Waals surface area contributed by atoms with E-state index in [1.165, 1.54) is 12.1 Å². The quantitative estimate of drug-likeness (QED) is 0.874. The topological polar surface area (TPSA) is 60.9 Å². The zero-order chi connectivity index (χ0) is 18.4. The van der Waals surface area contributed by atoms with E-state index in [9.17, 15) is 19.1 Å². The van der Waals surface area contributed by atoms with E-state index in [-0.39, 0.29) is 17.0 Å². The summed E-state index contributed by atoms with van der Waals surface area (Å²) < 4.78 is 13.8. The summed E-state index contributed by atoms with van der Waals surface area (Å²) in [5.41, 5.74) is 0.477. The van der Waals surface area contributed by atoms with Crippen molar-refractivity contribution in [1.29, 1.82) is 0 Å². The number of amides is 1. The zero-order valence-corrected chi connectivity index (χ0v) is 15.2. The standard InChI is InChI=1S/C19H22ClFN2O3/c20-13-6-5-12(10-14(13)21)22-8-7-16(18(22)24)23-15-4-2-1-3-11(15)9-17(23)19(25)26/h5-6,10-11,15-17H,1-4,7-9H2,(H,25,26). The fourth-order valence-electron chi connectivity index (χ4n) is 5.02. The molecule has 26 heavy (non-hydrogen) atoms. The van der Waals surface area contributed by atoms with Crippen molar-refractivity contribution in [1.82, 2.24) is 4.90 Å². The Balaban J connectivity index is 1.60. The van der Waals surface area contributed by atoms with E-state index < -0.39 is 23.9 Å². The summed E-state index contributed by atoms with van der Waals surface area (Å²) in [5.74, 6) is -1.18. The first-order chi connectivity index (χ1) is 12.5. The minimum absolute atomic E-state index is 0.0208. The molecule has 4 rings (SSSR count). The lowest BCUT2D eigenvalue weighted by atomic mass is 9.84. The summed E-state index contributed by atoms with van der Waals surface area (Å²) in [6.07, 6.45) is 5.40. The summed E-state index contributed by atoms with van der Waals surface area (Å²) in [7, 11) is 0. The molecule has 3 aliphatic rings. The third kappa shape index (κ3) is 2.89. The van der Waals surface area contributed by atoms with Crippen molar-refractivity contribution in [3.63, 3.8) is 0 Å². The molecule has 0 radical (unpaired) electrons. The van der Waals surface area contributed by atoms with E-state index in [0.29, 0.717) is 31.0 Å². The lowest BCUT2D eigenvalue weighted by Gasteiger charge is -2.36. The minimum atomic E-state index is -0.844. The van der Waals surface area contributed by atoms with Gasteiger partial charge in [-0.15, -0.1) is 0 Å². The normalized spacial score (nSPS) is 32.1. The number of carbonyl (C=O) groups is 2. The molecular formula is C19H22ClFN2O3. The van der Waals surface area contributed by atoms with Crippen molar-refractivity contribution in [2.75, 3.05) is 11.4 Å². The van der Waals surface area contributed by atoms with Gasteiger partial charge in [0.15, 0.2) is 0 Å². The van der Waals surface area contributed by atoms with Crippen LogP contribution in [0, 0.1) is 11.7 Å². The number of benzene rings is 1. The molecule has 1 saturated carbocycles. The van der Waals surface area contributed by atoms with Gasteiger partial charge in [0.05, 0.1) is 11.1 Å². The van der Waals surface area contributed by atoms with Gasteiger partial charge < -0.3 is 10.0 Å². The molecule has 1 aromatic carbocycles. The van der Waals surface area contributed by atoms with Crippen LogP contribution in [0.1, 0.15) is 38.5 Å². The van der Waals surface area contributed by atoms with Crippen LogP contribution in [0.15, 0.2) is 18.2 Å². The van der Waals surface area contributed by atoms with Crippen molar-refractivity contribution in [3.05, 3.63) is 29.0 Å². The molecule has 3 fully saturated rings. The summed E-state index contributed by atoms with van der Waals surface area (Å²) in [6.45, 7) is 0.463. The van der Waals surface area contributed by atoms with E-state index in [1.807, 2.05) is 4.90 Å². The maximum absolute atomic E-state index is 13.8. The first-order valence-electron chi connectivity index (χ1n) is 9.24. The molecule has 1 aromatic rings. The Kier molecular flexibility index (Phi) is 4.65. The van der Waals surface area contributed by atoms with Crippen molar-refractivity contribution in [2.45, 2.75) is 56.7 Å². The molecule has 2 saturated heterocycles. The number of carboxylic acid groups (broad SMARTS) is 1. The summed E-state index contributed by atoms with van der Waals surface area (Å²) in [5, 5.41) is 9.72. The van der Waals surface area contributed by atoms with Gasteiger partial charge in [0.2, 0.25) is 5.91 Å². The SMILES string of the molecule is O=C(O)C1CC2CCCCC2N1C1CCN(c2ccc(Cl)c(F)c2)C1=O. The first kappa shape index (κ1) is 17.7. The van der Waals surface area contributed by atoms with Crippen LogP contribution in [-0.4, -0.2) is 46.6 Å². The van der Waals surface area contributed by atoms with Gasteiger partial charge in [-0.05, 0) is 49.8 Å². The molecule has 1 aliphatic carbocycles. The summed E-state index contributed by atoms with van der Waals surface area (Å²) in [6, 6.07) is 3.47. The van der Waals surface area contributed by atoms with Crippen LogP contribution in [0.25, 0.3) is 0 Å². The monoisotopic (exact) mass is 380 g/mol. The van der Waals surface area contributed by atoms with E-state index in [1.54, 1.807) is 11.0 Å². The van der Waals surface area contributed by atoms with E-state index in [4.69, 9.17) is 11.6 Å². The number of carboxylic acids is 1. The third-order valence-electron chi connectivity index (χ3n) is 6.17. The van der Waals surface area contributed by atoms with Crippen molar-refractivity contribution in [3.8, 4) is 0 Å². The van der Waals surface area contributed by atoms with Crippen LogP contribution in [0.3, 0.4) is 0 Å². The lowest BCUT2D eigenvalue weighted by Crippen LogP contribution is -2.51. The van der Waals surface area contributed by atoms with Crippen LogP contribution in [-0.2, 0) is 9.59 Å². The molecule has 5 nitrogen and oxygen atoms in total. The number of aliphatic carboxylic acids is 1. The van der Waals surface area contributed by atoms with Crippen LogP contribution in [0.5, 0.6) is 0 Å². The second-order valence-corrected chi connectivity index (χ2v) is 7.95. The fourth-order valence-corrected chi connectivity index (χ4v) is 5.14. The predicted molar refractivity (Wildman–Crippen MR) is 95.8 cm³/mol. The van der Waals surface area contributed by atoms with Crippen molar-refractivity contribution in [2.24, 2.45) is 5.92 Å². The highest BCUT2D eigenvalue weighted by Crippen LogP contribution is 2.43. The number of anilines is 1. The molecule has 7 heteroatoms. The Bertz CT molecular complexity index is 743. The molecule has 140 valence electrons. The van der Waals surface area contributed by atoms with Crippen LogP contribution in [0.4, 0.5) is 10.1 Å². The Morgan fingerprint density at radius 3 is 2.73 bits per heavy atom. The highest BCUT2D eigenvalue weighted by Gasteiger charge is 2.51. The number of carbonyl (C=O) groups excluding carboxylic acids is 1. The molecule has 1 N–H and O–H groups in total. The molecule has 4 unspecified atom stereocenters. The Morgan fingerprint density at radius 1 is 1.23 bits per heavy atom. The van der Waals surface area contributed by atoms with E-state index >= 15 is 0 Å². The van der Waals surface area contributed by atoms with Gasteiger partial charge in [-0.25, -0.2) is 4.39 Å². The number of nitrogens with zero attached hydrogens (tertiary/aromatic N) is 2. The largest absolute Gasteiger partial charge is 0.480 e. The average molecular weight is 381 g/mol. The Labute approximate surface area is 156 Å². The van der Waals surface area contributed by atoms with Gasteiger partial charge in [-0.1, -0.05) is 24.4 Å². The summed E-state index contributed by atoms with van der Waals surface area (Å²) in [4.78, 5) is 28.4. The molecule has 4 atom stereocenters. The van der Waals surface area contributed by atoms with Gasteiger partial charge in [-0.2, -0.15) is 0 Å². The van der Waals surface area contributed by atoms with Gasteiger partial charge >= 0.3 is 5.97 Å². The fraction of sp³-hybridized carbons (Fsp3) is 0.579. The van der Waals surface area contributed by atoms with Crippen LogP contribution >= 0.6 is 11.6 Å². The molecular weight excluding hydrogens is 359 g/mol. The first-order valence-corrected chi connectivity index (χ1v) is 9.62. The maximum Gasteiger partial charge on any atom is 0.320 e. The van der Waals surface area contributed by atoms with Gasteiger partial charge in [0.1, 0.15) is 11.9 Å². The predicted octanol–water partition coefficient (Wildman–Crippen LogP) is 3.30. The Hall–Kier alpha value is -1.66. The number of likely N-dealkylation sites (tertiary alicyclic amines) is 1. The number of hydrogen-bond acceptors (Lipinski definition) is 3. The molecule has 0 spiro atoms. The zero-order valence-electron chi connectivity index (χ0n) is 14.4. The van der Waals surface area contributed by atoms with E-state index in [0.717, 1.165) is 25.7 Å². The molecule has 0 bridgehead atoms. The highest BCUT2D eigenvalue weighted by molar-refractivity contribution is 6.30. The van der Waals surface area contributed by atoms with Crippen molar-refractivity contribution < 1.29 is 19.1 Å². The van der Waals surface area contributed by atoms with Gasteiger partial charge in [-0.3, -0.25) is 14.5 Å². The van der Waals surface area contributed by atoms with Gasteiger partial charge in [0.25, 0.3) is 0 Å². The molecule has 2 aliphatic heterocycles. The number of rotatable bonds is 3. The van der Waals surface area contributed by atoms with Crippen LogP contribution in [0.2, 0.25) is 5.02 Å². The smallest absolute Gasteiger partial charge is 0.320 e. The van der Waals surface area contributed by atoms with Gasteiger partial charge in [0, 0.05) is 18.3 Å². The molecule has 0 aromatic heterocycles. The number of fused-ring (bicyclic) bond motifs is 1. The minimum Gasteiger partial charge on any atom is -0.480 e. The lowest BCUT2D eigenvalue weighted by molar-refractivity contribution is -0.144. The van der Waals surface area contributed by atoms with E-state index in [2.05, 4.69) is 0 Å². The Morgan fingerprint density at radius 2 is 2.00 bits per heavy atom. The summed E-state index contributed by atoms with van der Waals surface area (Å²) >= 11 is 5.73.